The van der Waals surface area contributed by atoms with Crippen LogP contribution in [-0.4, -0.2) is 19.5 Å². The van der Waals surface area contributed by atoms with E-state index in [2.05, 4.69) is 10.6 Å². The first-order valence-corrected chi connectivity index (χ1v) is 4.82. The highest BCUT2D eigenvalue weighted by Crippen LogP contribution is 2.03. The summed E-state index contributed by atoms with van der Waals surface area (Å²) in [5, 5.41) is 5.52. The Bertz CT molecular complexity index is 247. The van der Waals surface area contributed by atoms with Crippen molar-refractivity contribution in [2.75, 3.05) is 18.9 Å². The fourth-order valence-electron chi connectivity index (χ4n) is 0.827. The van der Waals surface area contributed by atoms with Crippen molar-refractivity contribution in [3.63, 3.8) is 0 Å². The van der Waals surface area contributed by atoms with E-state index in [-0.39, 0.29) is 5.91 Å². The van der Waals surface area contributed by atoms with Crippen LogP contribution < -0.4 is 10.6 Å². The van der Waals surface area contributed by atoms with Crippen LogP contribution >= 0.6 is 0 Å². The monoisotopic (exact) mass is 194 g/mol. The highest BCUT2D eigenvalue weighted by molar-refractivity contribution is 5.80. The fraction of sp³-hybridized carbons (Fsp3) is 0.364. The van der Waals surface area contributed by atoms with E-state index in [4.69, 9.17) is 0 Å². The summed E-state index contributed by atoms with van der Waals surface area (Å²) in [5.41, 5.74) is 0.959. The summed E-state index contributed by atoms with van der Waals surface area (Å²) < 4.78 is 0. The molecule has 14 heavy (non-hydrogen) atoms. The van der Waals surface area contributed by atoms with Crippen molar-refractivity contribution in [1.29, 1.82) is 0 Å². The highest BCUT2D eigenvalue weighted by atomic mass is 16.1. The number of anilines is 1. The Morgan fingerprint density at radius 1 is 1.21 bits per heavy atom. The molecule has 0 aliphatic carbocycles. The van der Waals surface area contributed by atoms with Crippen LogP contribution in [-0.2, 0) is 4.79 Å². The van der Waals surface area contributed by atoms with Crippen molar-refractivity contribution in [2.45, 2.75) is 13.8 Å². The number of nitrogens with one attached hydrogen (secondary N) is 2. The van der Waals surface area contributed by atoms with Crippen LogP contribution in [0.2, 0.25) is 0 Å². The molecule has 0 atom stereocenters. The van der Waals surface area contributed by atoms with E-state index in [1.807, 2.05) is 44.2 Å². The highest BCUT2D eigenvalue weighted by Gasteiger charge is 1.95. The SMILES string of the molecule is CC.CNC(=O)CNc1ccccc1. The number of hydrogen-bond acceptors (Lipinski definition) is 2. The molecule has 0 fully saturated rings. The van der Waals surface area contributed by atoms with E-state index >= 15 is 0 Å². The normalized spacial score (nSPS) is 8.21. The molecule has 0 radical (unpaired) electrons. The number of hydrogen-bond donors (Lipinski definition) is 2. The summed E-state index contributed by atoms with van der Waals surface area (Å²) in [6.07, 6.45) is 0. The minimum absolute atomic E-state index is 0.0150. The molecule has 3 nitrogen and oxygen atoms in total. The number of benzene rings is 1. The van der Waals surface area contributed by atoms with Crippen LogP contribution in [0.25, 0.3) is 0 Å². The van der Waals surface area contributed by atoms with Crippen molar-refractivity contribution < 1.29 is 4.79 Å². The van der Waals surface area contributed by atoms with Gasteiger partial charge >= 0.3 is 0 Å². The first-order valence-electron chi connectivity index (χ1n) is 4.82. The molecule has 1 amide bonds. The predicted octanol–water partition coefficient (Wildman–Crippen LogP) is 1.87. The van der Waals surface area contributed by atoms with Gasteiger partial charge in [-0.25, -0.2) is 0 Å². The molecule has 78 valence electrons. The summed E-state index contributed by atoms with van der Waals surface area (Å²) in [7, 11) is 1.62. The van der Waals surface area contributed by atoms with Crippen molar-refractivity contribution in [3.05, 3.63) is 30.3 Å². The van der Waals surface area contributed by atoms with Crippen molar-refractivity contribution >= 4 is 11.6 Å². The molecule has 1 rings (SSSR count). The zero-order valence-corrected chi connectivity index (χ0v) is 9.00. The third kappa shape index (κ3) is 5.19. The third-order valence-electron chi connectivity index (χ3n) is 1.51. The van der Waals surface area contributed by atoms with Gasteiger partial charge in [0, 0.05) is 12.7 Å². The van der Waals surface area contributed by atoms with Gasteiger partial charge in [0.05, 0.1) is 6.54 Å². The minimum Gasteiger partial charge on any atom is -0.376 e. The lowest BCUT2D eigenvalue weighted by molar-refractivity contribution is -0.118. The fourth-order valence-corrected chi connectivity index (χ4v) is 0.827. The van der Waals surface area contributed by atoms with Gasteiger partial charge in [0.25, 0.3) is 0 Å². The molecule has 2 N–H and O–H groups in total. The molecule has 3 heteroatoms. The number of carbonyl (C=O) groups is 1. The second-order valence-corrected chi connectivity index (χ2v) is 2.39. The lowest BCUT2D eigenvalue weighted by Gasteiger charge is -2.03. The van der Waals surface area contributed by atoms with E-state index < -0.39 is 0 Å². The standard InChI is InChI=1S/C9H12N2O.C2H6/c1-10-9(12)7-11-8-5-3-2-4-6-8;1-2/h2-6,11H,7H2,1H3,(H,10,12);1-2H3. The zero-order valence-electron chi connectivity index (χ0n) is 9.00. The summed E-state index contributed by atoms with van der Waals surface area (Å²) in [5.74, 6) is -0.0150. The topological polar surface area (TPSA) is 41.1 Å². The molecule has 0 aromatic heterocycles. The Balaban J connectivity index is 0.000000791. The number of likely N-dealkylation sites (N-methyl/N-ethyl adjacent to an activating group) is 1. The van der Waals surface area contributed by atoms with Crippen molar-refractivity contribution in [2.24, 2.45) is 0 Å². The Hall–Kier alpha value is -1.51. The van der Waals surface area contributed by atoms with Crippen LogP contribution in [0, 0.1) is 0 Å². The lowest BCUT2D eigenvalue weighted by Crippen LogP contribution is -2.26. The van der Waals surface area contributed by atoms with Crippen LogP contribution in [0.4, 0.5) is 5.69 Å². The maximum Gasteiger partial charge on any atom is 0.239 e. The summed E-state index contributed by atoms with van der Waals surface area (Å²) in [4.78, 5) is 10.8. The van der Waals surface area contributed by atoms with Crippen LogP contribution in [0.15, 0.2) is 30.3 Å². The molecule has 0 saturated heterocycles. The van der Waals surface area contributed by atoms with Gasteiger partial charge in [-0.15, -0.1) is 0 Å². The van der Waals surface area contributed by atoms with Crippen LogP contribution in [0.3, 0.4) is 0 Å². The Morgan fingerprint density at radius 2 is 1.79 bits per heavy atom. The largest absolute Gasteiger partial charge is 0.376 e. The van der Waals surface area contributed by atoms with Gasteiger partial charge in [0.2, 0.25) is 5.91 Å². The van der Waals surface area contributed by atoms with Gasteiger partial charge in [-0.3, -0.25) is 4.79 Å². The number of rotatable bonds is 3. The Kier molecular flexibility index (Phi) is 7.23. The van der Waals surface area contributed by atoms with Gasteiger partial charge in [-0.1, -0.05) is 32.0 Å². The minimum atomic E-state index is -0.0150. The first-order chi connectivity index (χ1) is 6.83. The van der Waals surface area contributed by atoms with Gasteiger partial charge in [0.1, 0.15) is 0 Å². The van der Waals surface area contributed by atoms with E-state index in [9.17, 15) is 4.79 Å². The quantitative estimate of drug-likeness (QED) is 0.771. The van der Waals surface area contributed by atoms with E-state index in [1.54, 1.807) is 7.05 Å². The molecule has 0 saturated carbocycles. The summed E-state index contributed by atoms with van der Waals surface area (Å²) in [6.45, 7) is 4.32. The number of para-hydroxylation sites is 1. The van der Waals surface area contributed by atoms with Crippen LogP contribution in [0.5, 0.6) is 0 Å². The molecule has 0 spiro atoms. The summed E-state index contributed by atoms with van der Waals surface area (Å²) in [6, 6.07) is 9.62. The average Bonchev–Trinajstić information content (AvgIpc) is 2.30. The van der Waals surface area contributed by atoms with Crippen molar-refractivity contribution in [1.82, 2.24) is 5.32 Å². The summed E-state index contributed by atoms with van der Waals surface area (Å²) >= 11 is 0. The second-order valence-electron chi connectivity index (χ2n) is 2.39. The zero-order chi connectivity index (χ0) is 10.8. The average molecular weight is 194 g/mol. The first kappa shape index (κ1) is 12.5. The second kappa shape index (κ2) is 8.10. The van der Waals surface area contributed by atoms with Gasteiger partial charge in [0.15, 0.2) is 0 Å². The lowest BCUT2D eigenvalue weighted by atomic mass is 10.3. The van der Waals surface area contributed by atoms with E-state index in [0.717, 1.165) is 5.69 Å². The number of amides is 1. The molecular weight excluding hydrogens is 176 g/mol. The predicted molar refractivity (Wildman–Crippen MR) is 60.3 cm³/mol. The molecule has 0 bridgehead atoms. The molecule has 0 heterocycles. The maximum absolute atomic E-state index is 10.8. The Morgan fingerprint density at radius 3 is 2.29 bits per heavy atom. The van der Waals surface area contributed by atoms with Gasteiger partial charge in [-0.05, 0) is 12.1 Å². The molecule has 1 aromatic rings. The molecule has 0 aliphatic rings. The van der Waals surface area contributed by atoms with Crippen molar-refractivity contribution in [3.8, 4) is 0 Å². The van der Waals surface area contributed by atoms with Gasteiger partial charge < -0.3 is 10.6 Å². The molecule has 0 aliphatic heterocycles. The molecule has 0 unspecified atom stereocenters. The number of carbonyl (C=O) groups excluding carboxylic acids is 1. The maximum atomic E-state index is 10.8. The van der Waals surface area contributed by atoms with Crippen LogP contribution in [0.1, 0.15) is 13.8 Å². The Labute approximate surface area is 85.5 Å². The van der Waals surface area contributed by atoms with E-state index in [0.29, 0.717) is 6.54 Å². The van der Waals surface area contributed by atoms with E-state index in [1.165, 1.54) is 0 Å². The smallest absolute Gasteiger partial charge is 0.239 e. The molecular formula is C11H18N2O. The third-order valence-corrected chi connectivity index (χ3v) is 1.51. The van der Waals surface area contributed by atoms with Gasteiger partial charge in [-0.2, -0.15) is 0 Å². The molecule has 1 aromatic carbocycles.